The minimum Gasteiger partial charge on any atom is -0.396 e. The lowest BCUT2D eigenvalue weighted by molar-refractivity contribution is 0.105. The third kappa shape index (κ3) is 4.05. The van der Waals surface area contributed by atoms with E-state index in [4.69, 9.17) is 5.73 Å². The maximum absolute atomic E-state index is 9.80. The molecule has 1 aromatic heterocycles. The van der Waals surface area contributed by atoms with Gasteiger partial charge >= 0.3 is 0 Å². The molecule has 3 N–H and O–H groups in total. The molecule has 0 saturated heterocycles. The third-order valence-corrected chi connectivity index (χ3v) is 3.74. The number of aryl methyl sites for hydroxylation is 2. The molecule has 110 valence electrons. The Morgan fingerprint density at radius 2 is 2.11 bits per heavy atom. The molecular formula is C15H29N3O. The van der Waals surface area contributed by atoms with E-state index in [1.54, 1.807) is 0 Å². The van der Waals surface area contributed by atoms with Crippen molar-refractivity contribution in [2.24, 2.45) is 17.1 Å². The molecule has 0 radical (unpaired) electrons. The molecule has 0 saturated carbocycles. The summed E-state index contributed by atoms with van der Waals surface area (Å²) in [5, 5.41) is 14.4. The van der Waals surface area contributed by atoms with Gasteiger partial charge in [-0.25, -0.2) is 0 Å². The van der Waals surface area contributed by atoms with Crippen LogP contribution in [0.5, 0.6) is 0 Å². The van der Waals surface area contributed by atoms with Gasteiger partial charge in [0.2, 0.25) is 0 Å². The van der Waals surface area contributed by atoms with Crippen LogP contribution in [0.2, 0.25) is 0 Å². The highest BCUT2D eigenvalue weighted by Gasteiger charge is 2.30. The average molecular weight is 267 g/mol. The van der Waals surface area contributed by atoms with Gasteiger partial charge in [0.15, 0.2) is 0 Å². The molecule has 0 aliphatic heterocycles. The normalized spacial score (nSPS) is 14.9. The zero-order valence-corrected chi connectivity index (χ0v) is 12.8. The van der Waals surface area contributed by atoms with Crippen molar-refractivity contribution in [1.29, 1.82) is 0 Å². The monoisotopic (exact) mass is 267 g/mol. The fourth-order valence-electron chi connectivity index (χ4n) is 2.77. The van der Waals surface area contributed by atoms with Gasteiger partial charge in [-0.2, -0.15) is 5.10 Å². The molecule has 19 heavy (non-hydrogen) atoms. The van der Waals surface area contributed by atoms with E-state index in [0.717, 1.165) is 31.5 Å². The molecular weight excluding hydrogens is 238 g/mol. The number of nitrogens with zero attached hydrogens (tertiary/aromatic N) is 2. The van der Waals surface area contributed by atoms with Crippen molar-refractivity contribution in [1.82, 2.24) is 9.78 Å². The van der Waals surface area contributed by atoms with Gasteiger partial charge in [-0.05, 0) is 38.2 Å². The topological polar surface area (TPSA) is 64.1 Å². The molecule has 0 aliphatic carbocycles. The predicted octanol–water partition coefficient (Wildman–Crippen LogP) is 1.99. The Balaban J connectivity index is 2.98. The van der Waals surface area contributed by atoms with Crippen molar-refractivity contribution in [2.45, 2.75) is 53.5 Å². The van der Waals surface area contributed by atoms with Crippen molar-refractivity contribution in [3.05, 3.63) is 17.5 Å². The highest BCUT2D eigenvalue weighted by Crippen LogP contribution is 2.30. The molecule has 1 heterocycles. The first-order chi connectivity index (χ1) is 9.00. The van der Waals surface area contributed by atoms with Crippen LogP contribution in [-0.4, -0.2) is 28.0 Å². The van der Waals surface area contributed by atoms with Gasteiger partial charge in [0.05, 0.1) is 12.3 Å². The van der Waals surface area contributed by atoms with Crippen molar-refractivity contribution in [3.63, 3.8) is 0 Å². The number of hydrogen-bond donors (Lipinski definition) is 2. The Kier molecular flexibility index (Phi) is 6.01. The molecule has 0 aliphatic rings. The van der Waals surface area contributed by atoms with E-state index in [1.165, 1.54) is 5.69 Å². The zero-order valence-electron chi connectivity index (χ0n) is 12.8. The quantitative estimate of drug-likeness (QED) is 0.757. The summed E-state index contributed by atoms with van der Waals surface area (Å²) in [6.07, 6.45) is 2.69. The third-order valence-electron chi connectivity index (χ3n) is 3.74. The lowest BCUT2D eigenvalue weighted by atomic mass is 9.77. The summed E-state index contributed by atoms with van der Waals surface area (Å²) in [5.74, 6) is 0.527. The SMILES string of the molecule is CCc1cc(CC(CN)(CO)CC(C)C)n(CC)n1. The van der Waals surface area contributed by atoms with Gasteiger partial charge in [0.1, 0.15) is 0 Å². The summed E-state index contributed by atoms with van der Waals surface area (Å²) in [7, 11) is 0. The Morgan fingerprint density at radius 3 is 2.53 bits per heavy atom. The summed E-state index contributed by atoms with van der Waals surface area (Å²) >= 11 is 0. The fraction of sp³-hybridized carbons (Fsp3) is 0.800. The Morgan fingerprint density at radius 1 is 1.42 bits per heavy atom. The molecule has 0 aromatic carbocycles. The van der Waals surface area contributed by atoms with Crippen LogP contribution >= 0.6 is 0 Å². The number of rotatable bonds is 8. The molecule has 1 atom stereocenters. The second-order valence-corrected chi connectivity index (χ2v) is 5.93. The number of nitrogens with two attached hydrogens (primary N) is 1. The van der Waals surface area contributed by atoms with E-state index < -0.39 is 0 Å². The van der Waals surface area contributed by atoms with Crippen molar-refractivity contribution >= 4 is 0 Å². The van der Waals surface area contributed by atoms with Crippen molar-refractivity contribution in [3.8, 4) is 0 Å². The Bertz CT molecular complexity index is 381. The predicted molar refractivity (Wildman–Crippen MR) is 79.0 cm³/mol. The van der Waals surface area contributed by atoms with E-state index in [1.807, 2.05) is 4.68 Å². The molecule has 1 rings (SSSR count). The van der Waals surface area contributed by atoms with Crippen LogP contribution in [0, 0.1) is 11.3 Å². The first-order valence-electron chi connectivity index (χ1n) is 7.36. The molecule has 0 spiro atoms. The fourth-order valence-corrected chi connectivity index (χ4v) is 2.77. The molecule has 0 amide bonds. The van der Waals surface area contributed by atoms with E-state index in [2.05, 4.69) is 38.9 Å². The second-order valence-electron chi connectivity index (χ2n) is 5.93. The average Bonchev–Trinajstić information content (AvgIpc) is 2.79. The molecule has 1 aromatic rings. The second kappa shape index (κ2) is 7.06. The number of aromatic nitrogens is 2. The summed E-state index contributed by atoms with van der Waals surface area (Å²) in [6.45, 7) is 10.1. The number of hydrogen-bond acceptors (Lipinski definition) is 3. The van der Waals surface area contributed by atoms with E-state index >= 15 is 0 Å². The van der Waals surface area contributed by atoms with E-state index in [0.29, 0.717) is 12.5 Å². The largest absolute Gasteiger partial charge is 0.396 e. The minimum atomic E-state index is -0.216. The van der Waals surface area contributed by atoms with Gasteiger partial charge in [0, 0.05) is 24.2 Å². The highest BCUT2D eigenvalue weighted by molar-refractivity contribution is 5.13. The molecule has 0 fully saturated rings. The van der Waals surface area contributed by atoms with E-state index in [9.17, 15) is 5.11 Å². The van der Waals surface area contributed by atoms with Crippen LogP contribution in [0.1, 0.15) is 45.5 Å². The number of aliphatic hydroxyl groups excluding tert-OH is 1. The van der Waals surface area contributed by atoms with Crippen LogP contribution in [-0.2, 0) is 19.4 Å². The highest BCUT2D eigenvalue weighted by atomic mass is 16.3. The standard InChI is InChI=1S/C15H29N3O/c1-5-13-7-14(18(6-2)17-13)9-15(10-16,11-19)8-12(3)4/h7,12,19H,5-6,8-11,16H2,1-4H3. The maximum Gasteiger partial charge on any atom is 0.0624 e. The minimum absolute atomic E-state index is 0.137. The summed E-state index contributed by atoms with van der Waals surface area (Å²) in [4.78, 5) is 0. The maximum atomic E-state index is 9.80. The number of aliphatic hydroxyl groups is 1. The van der Waals surface area contributed by atoms with Crippen LogP contribution in [0.25, 0.3) is 0 Å². The smallest absolute Gasteiger partial charge is 0.0624 e. The summed E-state index contributed by atoms with van der Waals surface area (Å²) in [5.41, 5.74) is 8.05. The summed E-state index contributed by atoms with van der Waals surface area (Å²) in [6, 6.07) is 2.16. The van der Waals surface area contributed by atoms with Gasteiger partial charge in [-0.1, -0.05) is 20.8 Å². The van der Waals surface area contributed by atoms with Gasteiger partial charge in [0.25, 0.3) is 0 Å². The van der Waals surface area contributed by atoms with Crippen LogP contribution < -0.4 is 5.73 Å². The molecule has 4 heteroatoms. The summed E-state index contributed by atoms with van der Waals surface area (Å²) < 4.78 is 2.04. The molecule has 4 nitrogen and oxygen atoms in total. The van der Waals surface area contributed by atoms with Crippen molar-refractivity contribution in [2.75, 3.05) is 13.2 Å². The molecule has 1 unspecified atom stereocenters. The van der Waals surface area contributed by atoms with Gasteiger partial charge < -0.3 is 10.8 Å². The first kappa shape index (κ1) is 16.2. The van der Waals surface area contributed by atoms with E-state index in [-0.39, 0.29) is 12.0 Å². The first-order valence-corrected chi connectivity index (χ1v) is 7.36. The van der Waals surface area contributed by atoms with Gasteiger partial charge in [-0.3, -0.25) is 4.68 Å². The van der Waals surface area contributed by atoms with Crippen LogP contribution in [0.3, 0.4) is 0 Å². The Labute approximate surface area is 117 Å². The van der Waals surface area contributed by atoms with Crippen molar-refractivity contribution < 1.29 is 5.11 Å². The Hall–Kier alpha value is -0.870. The van der Waals surface area contributed by atoms with Crippen LogP contribution in [0.4, 0.5) is 0 Å². The van der Waals surface area contributed by atoms with Gasteiger partial charge in [-0.15, -0.1) is 0 Å². The lowest BCUT2D eigenvalue weighted by Gasteiger charge is -2.32. The van der Waals surface area contributed by atoms with Crippen LogP contribution in [0.15, 0.2) is 6.07 Å². The molecule has 0 bridgehead atoms. The zero-order chi connectivity index (χ0) is 14.5. The lowest BCUT2D eigenvalue weighted by Crippen LogP contribution is -2.38.